The van der Waals surface area contributed by atoms with E-state index in [1.54, 1.807) is 0 Å². The third-order valence-corrected chi connectivity index (χ3v) is 11.9. The molecule has 0 aliphatic heterocycles. The van der Waals surface area contributed by atoms with Crippen LogP contribution in [0.25, 0.3) is 0 Å². The number of rotatable bonds is 12. The molecule has 2 aromatic carbocycles. The summed E-state index contributed by atoms with van der Waals surface area (Å²) in [7, 11) is -16.6. The number of hydrogen-bond acceptors (Lipinski definition) is 20. The number of nitrogens with zero attached hydrogens (tertiary/aromatic N) is 6. The van der Waals surface area contributed by atoms with Crippen molar-refractivity contribution < 1.29 is 73.2 Å². The third-order valence-electron chi connectivity index (χ3n) is 4.99. The van der Waals surface area contributed by atoms with E-state index in [9.17, 15) is 64.1 Å². The van der Waals surface area contributed by atoms with Gasteiger partial charge in [-0.15, -0.1) is 31.9 Å². The monoisotopic (exact) mass is 852 g/mol. The molecule has 0 bridgehead atoms. The number of hydrogen-bond donors (Lipinski definition) is 4. The molecule has 0 unspecified atom stereocenters. The molecule has 2 aromatic heterocycles. The van der Waals surface area contributed by atoms with Crippen LogP contribution < -0.4 is 29.9 Å². The molecule has 0 fully saturated rings. The molecule has 260 valence electrons. The summed E-state index contributed by atoms with van der Waals surface area (Å²) in [6, 6.07) is 5.36. The van der Waals surface area contributed by atoms with Gasteiger partial charge in [-0.05, 0) is 11.1 Å². The average molecular weight is 854 g/mol. The van der Waals surface area contributed by atoms with Gasteiger partial charge in [0.05, 0.1) is 21.4 Å². The average Bonchev–Trinajstić information content (AvgIpc) is 3.60. The van der Waals surface area contributed by atoms with Crippen molar-refractivity contribution in [2.45, 2.75) is 20.2 Å². The summed E-state index contributed by atoms with van der Waals surface area (Å²) in [6.45, 7) is 0. The predicted octanol–water partition coefficient (Wildman–Crippen LogP) is -1.78. The molecule has 31 heteroatoms. The van der Waals surface area contributed by atoms with Crippen LogP contribution in [0.3, 0.4) is 0 Å². The van der Waals surface area contributed by atoms with Gasteiger partial charge in [-0.3, -0.25) is 29.7 Å². The molecule has 0 spiro atoms. The maximum Gasteiger partial charge on any atom is 2.00 e. The van der Waals surface area contributed by atoms with Gasteiger partial charge in [0.15, 0.2) is 0 Å². The number of benzene rings is 2. The van der Waals surface area contributed by atoms with E-state index >= 15 is 0 Å². The van der Waals surface area contributed by atoms with E-state index in [0.29, 0.717) is 22.7 Å². The van der Waals surface area contributed by atoms with Gasteiger partial charge in [-0.1, -0.05) is 34.8 Å². The molecule has 2 heterocycles. The molecule has 0 amide bonds. The van der Waals surface area contributed by atoms with Gasteiger partial charge in [-0.2, -0.15) is 0 Å². The van der Waals surface area contributed by atoms with Crippen molar-refractivity contribution in [1.82, 2.24) is 20.4 Å². The van der Waals surface area contributed by atoms with Crippen molar-refractivity contribution in [2.75, 3.05) is 9.44 Å². The number of nitrogens with two attached hydrogens (primary N) is 2. The van der Waals surface area contributed by atoms with Crippen molar-refractivity contribution in [3.63, 3.8) is 0 Å². The second-order valence-electron chi connectivity index (χ2n) is 8.66. The molecule has 49 heavy (non-hydrogen) atoms. The van der Waals surface area contributed by atoms with E-state index in [4.69, 9.17) is 10.3 Å². The summed E-state index contributed by atoms with van der Waals surface area (Å²) in [4.78, 5) is 19.8. The predicted molar refractivity (Wildman–Crippen MR) is 160 cm³/mol. The van der Waals surface area contributed by atoms with Gasteiger partial charge in [0.1, 0.15) is 0 Å². The summed E-state index contributed by atoms with van der Waals surface area (Å²) in [5.74, 6) is -3.13. The minimum Gasteiger partial charge on any atom is -0.872 e. The van der Waals surface area contributed by atoms with Crippen molar-refractivity contribution in [2.24, 2.45) is 10.3 Å². The van der Waals surface area contributed by atoms with Crippen LogP contribution in [0.5, 0.6) is 11.5 Å². The van der Waals surface area contributed by atoms with E-state index in [1.165, 1.54) is 0 Å². The smallest absolute Gasteiger partial charge is 0.872 e. The van der Waals surface area contributed by atoms with Crippen molar-refractivity contribution in [1.29, 1.82) is 0 Å². The van der Waals surface area contributed by atoms with E-state index in [-0.39, 0.29) is 40.9 Å². The Morgan fingerprint density at radius 1 is 0.633 bits per heavy atom. The number of nitrogens with one attached hydrogen (secondary N) is 2. The molecule has 4 aromatic rings. The summed E-state index contributed by atoms with van der Waals surface area (Å²) in [5, 5.41) is 66.5. The standard InChI is InChI=1S/2C9H9N5O7S3.Zn/c2*10-24(20,21)9-12-11-8(22-9)13-23(18,19)4-5-3-6(14(16)17)1-2-7(5)15;/h2*1-3,15H,4H2,(H,11,13)(H2,10,20,21);/q;;+2/p-2. The Morgan fingerprint density at radius 3 is 1.22 bits per heavy atom. The first kappa shape index (κ1) is 41.1. The van der Waals surface area contributed by atoms with Crippen LogP contribution in [0.1, 0.15) is 11.1 Å². The van der Waals surface area contributed by atoms with Crippen LogP contribution in [-0.2, 0) is 71.1 Å². The largest absolute Gasteiger partial charge is 2.00 e. The maximum absolute atomic E-state index is 12.0. The van der Waals surface area contributed by atoms with Gasteiger partial charge in [-0.25, -0.2) is 43.9 Å². The van der Waals surface area contributed by atoms with E-state index in [0.717, 1.165) is 36.4 Å². The van der Waals surface area contributed by atoms with Crippen LogP contribution in [0.2, 0.25) is 0 Å². The third kappa shape index (κ3) is 12.1. The zero-order valence-electron chi connectivity index (χ0n) is 23.6. The minimum atomic E-state index is -4.19. The first-order chi connectivity index (χ1) is 22.0. The second-order valence-corrected chi connectivity index (χ2v) is 17.5. The van der Waals surface area contributed by atoms with Crippen molar-refractivity contribution in [3.05, 3.63) is 67.8 Å². The molecule has 24 nitrogen and oxygen atoms in total. The molecule has 0 atom stereocenters. The van der Waals surface area contributed by atoms with Crippen molar-refractivity contribution >= 4 is 84.4 Å². The van der Waals surface area contributed by atoms with Crippen LogP contribution in [0.4, 0.5) is 21.6 Å². The van der Waals surface area contributed by atoms with Gasteiger partial charge >= 0.3 is 19.5 Å². The van der Waals surface area contributed by atoms with E-state index in [1.807, 2.05) is 9.44 Å². The SMILES string of the molecule is NS(=O)(=O)c1nnc(NS(=O)(=O)Cc2cc([N+](=O)[O-])ccc2[O-])s1.NS(=O)(=O)c1nnc(NS(=O)(=O)Cc2cc([N+](=O)[O-])ccc2[O-])s1.[Zn+2]. The first-order valence-corrected chi connectivity index (χ1v) is 19.6. The van der Waals surface area contributed by atoms with Crippen LogP contribution in [0, 0.1) is 20.2 Å². The molecular formula is C18H16N10O14S6Zn. The number of aromatic nitrogens is 4. The maximum atomic E-state index is 12.0. The van der Waals surface area contributed by atoms with Crippen LogP contribution in [0.15, 0.2) is 45.1 Å². The first-order valence-electron chi connectivity index (χ1n) is 11.6. The Hall–Kier alpha value is -4.10. The Labute approximate surface area is 295 Å². The zero-order valence-corrected chi connectivity index (χ0v) is 31.5. The van der Waals surface area contributed by atoms with E-state index in [2.05, 4.69) is 20.4 Å². The summed E-state index contributed by atoms with van der Waals surface area (Å²) in [6.07, 6.45) is 0. The molecule has 0 radical (unpaired) electrons. The topological polar surface area (TPSA) is 397 Å². The fourth-order valence-electron chi connectivity index (χ4n) is 3.06. The molecule has 0 saturated heterocycles. The Balaban J connectivity index is 0.000000333. The molecule has 0 aliphatic rings. The van der Waals surface area contributed by atoms with Crippen molar-refractivity contribution in [3.8, 4) is 11.5 Å². The fraction of sp³-hybridized carbons (Fsp3) is 0.111. The van der Waals surface area contributed by atoms with Crippen LogP contribution >= 0.6 is 22.7 Å². The van der Waals surface area contributed by atoms with Gasteiger partial charge in [0, 0.05) is 24.3 Å². The van der Waals surface area contributed by atoms with Gasteiger partial charge in [0.25, 0.3) is 31.4 Å². The number of nitro benzene ring substituents is 2. The normalized spacial score (nSPS) is 11.8. The molecular weight excluding hydrogens is 838 g/mol. The number of primary sulfonamides is 2. The number of non-ortho nitro benzene ring substituents is 2. The number of anilines is 2. The molecule has 4 rings (SSSR count). The summed E-state index contributed by atoms with van der Waals surface area (Å²) >= 11 is 0.755. The van der Waals surface area contributed by atoms with Crippen LogP contribution in [-0.4, -0.2) is 63.9 Å². The summed E-state index contributed by atoms with van der Waals surface area (Å²) < 4.78 is 94.9. The fourth-order valence-corrected chi connectivity index (χ4v) is 8.56. The molecule has 6 N–H and O–H groups in total. The zero-order chi connectivity index (χ0) is 36.2. The number of sulfonamides is 4. The summed E-state index contributed by atoms with van der Waals surface area (Å²) in [5.41, 5.74) is -1.53. The van der Waals surface area contributed by atoms with Gasteiger partial charge in [0.2, 0.25) is 39.0 Å². The molecule has 0 aliphatic carbocycles. The van der Waals surface area contributed by atoms with Gasteiger partial charge < -0.3 is 10.2 Å². The Kier molecular flexibility index (Phi) is 13.1. The Bertz CT molecular complexity index is 2170. The second kappa shape index (κ2) is 15.6. The molecule has 0 saturated carbocycles. The van der Waals surface area contributed by atoms with E-state index < -0.39 is 93.0 Å². The number of nitro groups is 2. The quantitative estimate of drug-likeness (QED) is 0.0695. The Morgan fingerprint density at radius 2 is 0.959 bits per heavy atom. The minimum absolute atomic E-state index is 0.